The number of ether oxygens (including phenoxy) is 6. The molecule has 0 aliphatic carbocycles. The van der Waals surface area contributed by atoms with Gasteiger partial charge in [0.15, 0.2) is 5.72 Å². The Labute approximate surface area is 310 Å². The van der Waals surface area contributed by atoms with E-state index in [0.717, 1.165) is 5.57 Å². The van der Waals surface area contributed by atoms with E-state index >= 15 is 0 Å². The molecule has 0 aromatic heterocycles. The molecule has 9 atom stereocenters. The number of halogens is 1. The van der Waals surface area contributed by atoms with Crippen molar-refractivity contribution in [3.63, 3.8) is 0 Å². The fourth-order valence-corrected chi connectivity index (χ4v) is 7.21. The number of carbonyl (C=O) groups is 4. The van der Waals surface area contributed by atoms with Crippen LogP contribution in [0.15, 0.2) is 35.9 Å². The van der Waals surface area contributed by atoms with E-state index in [4.69, 9.17) is 40.0 Å². The molecule has 4 bridgehead atoms. The zero-order valence-corrected chi connectivity index (χ0v) is 32.5. The van der Waals surface area contributed by atoms with Crippen LogP contribution in [0.25, 0.3) is 0 Å². The van der Waals surface area contributed by atoms with Gasteiger partial charge in [-0.25, -0.2) is 9.59 Å². The van der Waals surface area contributed by atoms with Crippen molar-refractivity contribution in [1.82, 2.24) is 10.2 Å². The quantitative estimate of drug-likeness (QED) is 0.301. The molecule has 14 nitrogen and oxygen atoms in total. The van der Waals surface area contributed by atoms with Crippen molar-refractivity contribution in [1.29, 1.82) is 0 Å². The molecular formula is C37H52ClN3O11. The van der Waals surface area contributed by atoms with E-state index in [0.29, 0.717) is 17.0 Å². The zero-order chi connectivity index (χ0) is 38.9. The van der Waals surface area contributed by atoms with Crippen molar-refractivity contribution < 1.29 is 52.7 Å². The SMILES string of the molecule is COc1cc2cc(c1Cl)N(C)C(=O)C[C@H](OC(=O)[C@H](C)N(C)C(=O)C(C)C)C1(C)O[C@H]1[C@H](C)[C@@H]1C[C@@](O)(NC(=O)O1)[C@H](OC)/C=C/C=C(\C)C2OC. The van der Waals surface area contributed by atoms with E-state index in [1.165, 1.54) is 38.2 Å². The van der Waals surface area contributed by atoms with Gasteiger partial charge in [-0.05, 0) is 44.0 Å². The summed E-state index contributed by atoms with van der Waals surface area (Å²) < 4.78 is 35.1. The number of epoxide rings is 1. The summed E-state index contributed by atoms with van der Waals surface area (Å²) in [6, 6.07) is 2.46. The number of esters is 1. The molecule has 3 heterocycles. The topological polar surface area (TPSA) is 166 Å². The Morgan fingerprint density at radius 3 is 2.42 bits per heavy atom. The number of carbonyl (C=O) groups excluding carboxylic acids is 4. The largest absolute Gasteiger partial charge is 0.495 e. The summed E-state index contributed by atoms with van der Waals surface area (Å²) in [5, 5.41) is 14.4. The summed E-state index contributed by atoms with van der Waals surface area (Å²) >= 11 is 6.79. The second kappa shape index (κ2) is 16.1. The molecule has 1 aromatic rings. The van der Waals surface area contributed by atoms with Crippen molar-refractivity contribution in [2.75, 3.05) is 40.3 Å². The third-order valence-electron chi connectivity index (χ3n) is 10.4. The van der Waals surface area contributed by atoms with E-state index in [1.807, 2.05) is 6.92 Å². The van der Waals surface area contributed by atoms with E-state index in [2.05, 4.69) is 5.32 Å². The number of fused-ring (bicyclic) bond motifs is 5. The molecule has 2 fully saturated rings. The average Bonchev–Trinajstić information content (AvgIpc) is 3.79. The molecule has 1 aromatic carbocycles. The van der Waals surface area contributed by atoms with Gasteiger partial charge in [0.1, 0.15) is 46.8 Å². The first-order chi connectivity index (χ1) is 24.3. The molecule has 0 spiro atoms. The van der Waals surface area contributed by atoms with Crippen LogP contribution in [0.4, 0.5) is 10.5 Å². The lowest BCUT2D eigenvalue weighted by atomic mass is 9.83. The van der Waals surface area contributed by atoms with Crippen LogP contribution < -0.4 is 15.0 Å². The van der Waals surface area contributed by atoms with Crippen LogP contribution in [0.1, 0.15) is 66.1 Å². The minimum Gasteiger partial charge on any atom is -0.495 e. The summed E-state index contributed by atoms with van der Waals surface area (Å²) in [5.41, 5.74) is -1.39. The molecule has 2 saturated heterocycles. The number of alkyl carbamates (subject to hydrolysis) is 1. The molecule has 3 amide bonds. The zero-order valence-electron chi connectivity index (χ0n) is 31.7. The molecule has 288 valence electrons. The number of allylic oxidation sites excluding steroid dienone is 2. The van der Waals surface area contributed by atoms with Crippen LogP contribution in [-0.4, -0.2) is 111 Å². The first kappa shape index (κ1) is 41.1. The molecule has 4 rings (SSSR count). The second-order valence-corrected chi connectivity index (χ2v) is 14.6. The van der Waals surface area contributed by atoms with Gasteiger partial charge in [-0.2, -0.15) is 0 Å². The van der Waals surface area contributed by atoms with Crippen molar-refractivity contribution in [3.05, 3.63) is 46.5 Å². The number of nitrogens with zero attached hydrogens (tertiary/aromatic N) is 2. The Hall–Kier alpha value is -3.69. The van der Waals surface area contributed by atoms with Gasteiger partial charge < -0.3 is 43.3 Å². The summed E-state index contributed by atoms with van der Waals surface area (Å²) in [6.07, 6.45) is -0.443. The third kappa shape index (κ3) is 8.26. The third-order valence-corrected chi connectivity index (χ3v) is 10.8. The van der Waals surface area contributed by atoms with Crippen molar-refractivity contribution in [3.8, 4) is 5.75 Å². The summed E-state index contributed by atoms with van der Waals surface area (Å²) in [5.74, 6) is -2.05. The van der Waals surface area contributed by atoms with Crippen LogP contribution in [0.5, 0.6) is 5.75 Å². The maximum atomic E-state index is 14.2. The number of methoxy groups -OCH3 is 3. The number of rotatable bonds is 7. The van der Waals surface area contributed by atoms with Gasteiger partial charge in [0.25, 0.3) is 0 Å². The predicted molar refractivity (Wildman–Crippen MR) is 192 cm³/mol. The maximum Gasteiger partial charge on any atom is 0.409 e. The first-order valence-electron chi connectivity index (χ1n) is 17.2. The number of hydrogen-bond donors (Lipinski definition) is 2. The lowest BCUT2D eigenvalue weighted by Gasteiger charge is -2.42. The van der Waals surface area contributed by atoms with Gasteiger partial charge in [-0.1, -0.05) is 50.6 Å². The van der Waals surface area contributed by atoms with Crippen LogP contribution in [0, 0.1) is 11.8 Å². The highest BCUT2D eigenvalue weighted by atomic mass is 35.5. The van der Waals surface area contributed by atoms with Gasteiger partial charge in [-0.15, -0.1) is 0 Å². The second-order valence-electron chi connectivity index (χ2n) is 14.3. The Kier molecular flexibility index (Phi) is 12.7. The minimum atomic E-state index is -1.86. The van der Waals surface area contributed by atoms with Crippen LogP contribution in [0.3, 0.4) is 0 Å². The van der Waals surface area contributed by atoms with Crippen LogP contribution >= 0.6 is 11.6 Å². The Balaban J connectivity index is 1.83. The Morgan fingerprint density at radius 1 is 1.15 bits per heavy atom. The van der Waals surface area contributed by atoms with Gasteiger partial charge in [0, 0.05) is 46.6 Å². The molecular weight excluding hydrogens is 698 g/mol. The smallest absolute Gasteiger partial charge is 0.409 e. The van der Waals surface area contributed by atoms with Gasteiger partial charge in [0.2, 0.25) is 11.8 Å². The van der Waals surface area contributed by atoms with Gasteiger partial charge in [-0.3, -0.25) is 14.9 Å². The summed E-state index contributed by atoms with van der Waals surface area (Å²) in [6.45, 7) is 10.3. The first-order valence-corrected chi connectivity index (χ1v) is 17.6. The number of amides is 3. The number of nitrogens with one attached hydrogen (secondary N) is 1. The van der Waals surface area contributed by atoms with E-state index in [-0.39, 0.29) is 29.7 Å². The maximum absolute atomic E-state index is 14.2. The number of anilines is 1. The predicted octanol–water partition coefficient (Wildman–Crippen LogP) is 4.32. The number of benzene rings is 1. The number of aliphatic hydroxyl groups is 1. The van der Waals surface area contributed by atoms with E-state index in [9.17, 15) is 24.3 Å². The highest BCUT2D eigenvalue weighted by Gasteiger charge is 2.64. The number of likely N-dealkylation sites (N-methyl/N-ethyl adjacent to an activating group) is 1. The van der Waals surface area contributed by atoms with Crippen LogP contribution in [0.2, 0.25) is 5.02 Å². The average molecular weight is 750 g/mol. The van der Waals surface area contributed by atoms with Crippen LogP contribution in [-0.2, 0) is 38.1 Å². The molecule has 2 N–H and O–H groups in total. The minimum absolute atomic E-state index is 0.0719. The highest BCUT2D eigenvalue weighted by molar-refractivity contribution is 6.35. The highest BCUT2D eigenvalue weighted by Crippen LogP contribution is 2.49. The standard InChI is InChI=1S/C37H52ClN3O11/c1-19(2)33(43)40(7)22(5)34(44)51-28-17-29(42)41(8)24-15-23(16-25(47-9)30(24)38)31(49-11)20(3)13-12-14-27(48-10)37(46)18-26(50-35(45)39-37)21(4)32-36(28,6)52-32/h12-16,19,21-22,26-28,31-32,46H,17-18H2,1-11H3,(H,39,45)/b14-12+,20-13+/t21-,22+,26+,27-,28+,31?,32+,36?,37+/m1/s1. The monoisotopic (exact) mass is 749 g/mol. The lowest BCUT2D eigenvalue weighted by Crippen LogP contribution is -2.63. The lowest BCUT2D eigenvalue weighted by molar-refractivity contribution is -0.162. The van der Waals surface area contributed by atoms with Crippen molar-refractivity contribution >= 4 is 41.2 Å². The fraction of sp³-hybridized carbons (Fsp3) is 0.622. The molecule has 3 aliphatic rings. The molecule has 2 unspecified atom stereocenters. The Bertz CT molecular complexity index is 1600. The normalized spacial score (nSPS) is 33.1. The van der Waals surface area contributed by atoms with E-state index in [1.54, 1.807) is 72.0 Å². The van der Waals surface area contributed by atoms with Crippen molar-refractivity contribution in [2.45, 2.75) is 102 Å². The molecule has 52 heavy (non-hydrogen) atoms. The van der Waals surface area contributed by atoms with E-state index < -0.39 is 71.8 Å². The number of hydrogen-bond acceptors (Lipinski definition) is 11. The van der Waals surface area contributed by atoms with Gasteiger partial charge >= 0.3 is 12.1 Å². The molecule has 15 heteroatoms. The van der Waals surface area contributed by atoms with Crippen molar-refractivity contribution in [2.24, 2.45) is 11.8 Å². The molecule has 0 radical (unpaired) electrons. The molecule has 0 saturated carbocycles. The molecule has 3 aliphatic heterocycles. The fourth-order valence-electron chi connectivity index (χ4n) is 6.89. The Morgan fingerprint density at radius 2 is 1.83 bits per heavy atom. The van der Waals surface area contributed by atoms with Gasteiger partial charge in [0.05, 0.1) is 25.3 Å². The summed E-state index contributed by atoms with van der Waals surface area (Å²) in [7, 11) is 7.48. The summed E-state index contributed by atoms with van der Waals surface area (Å²) in [4.78, 5) is 56.1.